The Kier molecular flexibility index (Phi) is 5.65. The molecule has 0 saturated heterocycles. The van der Waals surface area contributed by atoms with Crippen LogP contribution in [0.3, 0.4) is 0 Å². The molecule has 1 aromatic heterocycles. The van der Waals surface area contributed by atoms with Gasteiger partial charge in [-0.05, 0) is 18.4 Å². The lowest BCUT2D eigenvalue weighted by atomic mass is 9.84. The third kappa shape index (κ3) is 3.84. The van der Waals surface area contributed by atoms with Crippen molar-refractivity contribution in [2.24, 2.45) is 10.9 Å². The van der Waals surface area contributed by atoms with Gasteiger partial charge in [0.2, 0.25) is 0 Å². The molecule has 2 N–H and O–H groups in total. The number of nitrogens with zero attached hydrogens (tertiary/aromatic N) is 2. The molecule has 33 heavy (non-hydrogen) atoms. The molecule has 178 valence electrons. The number of benzene rings is 1. The van der Waals surface area contributed by atoms with Crippen LogP contribution in [0.1, 0.15) is 43.2 Å². The smallest absolute Gasteiger partial charge is 0.329 e. The van der Waals surface area contributed by atoms with Gasteiger partial charge in [0.25, 0.3) is 11.1 Å². The van der Waals surface area contributed by atoms with Crippen molar-refractivity contribution in [2.75, 3.05) is 5.32 Å². The van der Waals surface area contributed by atoms with Crippen molar-refractivity contribution in [3.63, 3.8) is 0 Å². The Morgan fingerprint density at radius 2 is 1.58 bits per heavy atom. The maximum atomic E-state index is 14.3. The number of anilines is 1. The minimum absolute atomic E-state index is 0.346. The third-order valence-corrected chi connectivity index (χ3v) is 6.09. The van der Waals surface area contributed by atoms with Crippen LogP contribution in [0.4, 0.5) is 32.2 Å². The molecule has 2 aromatic rings. The number of halogens is 6. The quantitative estimate of drug-likeness (QED) is 0.651. The number of aromatic nitrogens is 2. The van der Waals surface area contributed by atoms with Gasteiger partial charge in [-0.15, -0.1) is 0 Å². The molecular formula is C21H20F6N4O2. The third-order valence-electron chi connectivity index (χ3n) is 6.09. The molecule has 1 aliphatic carbocycles. The minimum Gasteiger partial charge on any atom is -0.329 e. The fourth-order valence-corrected chi connectivity index (χ4v) is 4.48. The number of aromatic amines is 1. The summed E-state index contributed by atoms with van der Waals surface area (Å²) in [4.78, 5) is 29.9. The van der Waals surface area contributed by atoms with E-state index < -0.39 is 52.3 Å². The Morgan fingerprint density at radius 3 is 2.15 bits per heavy atom. The number of hydrogen-bond donors (Lipinski definition) is 2. The average Bonchev–Trinajstić information content (AvgIpc) is 2.75. The minimum atomic E-state index is -5.98. The molecular weight excluding hydrogens is 454 g/mol. The Morgan fingerprint density at radius 1 is 0.970 bits per heavy atom. The summed E-state index contributed by atoms with van der Waals surface area (Å²) in [5.74, 6) is -2.03. The maximum absolute atomic E-state index is 14.3. The van der Waals surface area contributed by atoms with Gasteiger partial charge in [0.05, 0.1) is 6.54 Å². The van der Waals surface area contributed by atoms with E-state index in [-0.39, 0.29) is 6.54 Å². The van der Waals surface area contributed by atoms with Crippen molar-refractivity contribution >= 4 is 11.7 Å². The molecule has 1 aromatic carbocycles. The fourth-order valence-electron chi connectivity index (χ4n) is 4.48. The highest BCUT2D eigenvalue weighted by Gasteiger charge is 2.75. The molecule has 1 saturated carbocycles. The predicted molar refractivity (Wildman–Crippen MR) is 108 cm³/mol. The van der Waals surface area contributed by atoms with Gasteiger partial charge in [-0.25, -0.2) is 9.79 Å². The molecule has 12 heteroatoms. The van der Waals surface area contributed by atoms with E-state index >= 15 is 0 Å². The van der Waals surface area contributed by atoms with E-state index in [9.17, 15) is 35.9 Å². The van der Waals surface area contributed by atoms with Crippen molar-refractivity contribution in [1.82, 2.24) is 9.55 Å². The normalized spacial score (nSPS) is 18.9. The lowest BCUT2D eigenvalue weighted by Gasteiger charge is -2.40. The zero-order valence-electron chi connectivity index (χ0n) is 17.2. The molecule has 2 heterocycles. The van der Waals surface area contributed by atoms with Crippen molar-refractivity contribution in [2.45, 2.75) is 56.5 Å². The summed E-state index contributed by atoms with van der Waals surface area (Å²) in [6, 6.07) is 8.00. The van der Waals surface area contributed by atoms with Crippen LogP contribution in [0.5, 0.6) is 0 Å². The molecule has 0 bridgehead atoms. The van der Waals surface area contributed by atoms with Crippen LogP contribution in [0.2, 0.25) is 0 Å². The fraction of sp³-hybridized carbons (Fsp3) is 0.476. The monoisotopic (exact) mass is 474 g/mol. The summed E-state index contributed by atoms with van der Waals surface area (Å²) >= 11 is 0. The number of H-pyrrole nitrogens is 1. The molecule has 4 rings (SSSR count). The SMILES string of the molecule is O=c1[nH]c(=O)n(Cc2ccccc2)c2c1C(C(F)(F)F)(C(F)(F)F)N=C(C1CCCCC1)N2. The number of amidine groups is 1. The number of aliphatic imine (C=N–C) groups is 1. The van der Waals surface area contributed by atoms with E-state index in [4.69, 9.17) is 0 Å². The maximum Gasteiger partial charge on any atom is 0.427 e. The van der Waals surface area contributed by atoms with Crippen molar-refractivity contribution in [3.8, 4) is 0 Å². The molecule has 1 aliphatic heterocycles. The van der Waals surface area contributed by atoms with Crippen molar-refractivity contribution < 1.29 is 26.3 Å². The first kappa shape index (κ1) is 23.1. The first-order valence-electron chi connectivity index (χ1n) is 10.4. The summed E-state index contributed by atoms with van der Waals surface area (Å²) < 4.78 is 86.2. The number of hydrogen-bond acceptors (Lipinski definition) is 4. The zero-order chi connectivity index (χ0) is 24.0. The summed E-state index contributed by atoms with van der Waals surface area (Å²) in [7, 11) is 0. The molecule has 6 nitrogen and oxygen atoms in total. The summed E-state index contributed by atoms with van der Waals surface area (Å²) in [5.41, 5.74) is -8.95. The standard InChI is InChI=1S/C21H20F6N4O2/c22-20(23,24)19(21(25,26)27)14-16(28-15(30-19)13-9-5-2-6-10-13)31(18(33)29-17(14)32)11-12-7-3-1-4-8-12/h1,3-4,7-8,13H,2,5-6,9-11H2,(H,28,30)(H,29,32,33). The largest absolute Gasteiger partial charge is 0.427 e. The van der Waals surface area contributed by atoms with Gasteiger partial charge in [0.15, 0.2) is 0 Å². The lowest BCUT2D eigenvalue weighted by molar-refractivity contribution is -0.301. The van der Waals surface area contributed by atoms with Crippen LogP contribution < -0.4 is 16.6 Å². The Labute approximate surface area is 183 Å². The van der Waals surface area contributed by atoms with Gasteiger partial charge in [-0.1, -0.05) is 49.6 Å². The number of alkyl halides is 6. The molecule has 0 unspecified atom stereocenters. The van der Waals surface area contributed by atoms with Crippen molar-refractivity contribution in [1.29, 1.82) is 0 Å². The number of rotatable bonds is 3. The number of fused-ring (bicyclic) bond motifs is 1. The molecule has 0 atom stereocenters. The molecule has 0 amide bonds. The highest BCUT2D eigenvalue weighted by atomic mass is 19.4. The van der Waals surface area contributed by atoms with Crippen LogP contribution >= 0.6 is 0 Å². The van der Waals surface area contributed by atoms with Gasteiger partial charge in [-0.2, -0.15) is 26.3 Å². The van der Waals surface area contributed by atoms with Crippen LogP contribution in [0.15, 0.2) is 44.9 Å². The van der Waals surface area contributed by atoms with Gasteiger partial charge in [-0.3, -0.25) is 14.3 Å². The zero-order valence-corrected chi connectivity index (χ0v) is 17.2. The van der Waals surface area contributed by atoms with Gasteiger partial charge < -0.3 is 5.32 Å². The topological polar surface area (TPSA) is 79.2 Å². The number of nitrogens with one attached hydrogen (secondary N) is 2. The predicted octanol–water partition coefficient (Wildman–Crippen LogP) is 4.31. The van der Waals surface area contributed by atoms with E-state index in [0.29, 0.717) is 35.8 Å². The Bertz CT molecular complexity index is 1160. The van der Waals surface area contributed by atoms with E-state index in [2.05, 4.69) is 10.3 Å². The molecule has 1 fully saturated rings. The second-order valence-corrected chi connectivity index (χ2v) is 8.22. The van der Waals surface area contributed by atoms with E-state index in [0.717, 1.165) is 6.42 Å². The van der Waals surface area contributed by atoms with Gasteiger partial charge in [0.1, 0.15) is 17.2 Å². The van der Waals surface area contributed by atoms with E-state index in [1.165, 1.54) is 0 Å². The molecule has 0 radical (unpaired) electrons. The van der Waals surface area contributed by atoms with Gasteiger partial charge in [0, 0.05) is 5.92 Å². The highest BCUT2D eigenvalue weighted by Crippen LogP contribution is 2.55. The summed E-state index contributed by atoms with van der Waals surface area (Å²) in [6.07, 6.45) is -9.22. The first-order chi connectivity index (χ1) is 15.5. The van der Waals surface area contributed by atoms with Crippen LogP contribution in [-0.2, 0) is 12.1 Å². The van der Waals surface area contributed by atoms with Crippen molar-refractivity contribution in [3.05, 3.63) is 62.3 Å². The second kappa shape index (κ2) is 8.07. The van der Waals surface area contributed by atoms with Crippen LogP contribution in [0.25, 0.3) is 0 Å². The Hall–Kier alpha value is -3.05. The first-order valence-corrected chi connectivity index (χ1v) is 10.4. The van der Waals surface area contributed by atoms with Crippen LogP contribution in [0, 0.1) is 5.92 Å². The van der Waals surface area contributed by atoms with Crippen LogP contribution in [-0.4, -0.2) is 27.7 Å². The van der Waals surface area contributed by atoms with Gasteiger partial charge >= 0.3 is 18.0 Å². The summed E-state index contributed by atoms with van der Waals surface area (Å²) in [5, 5.41) is 2.53. The average molecular weight is 474 g/mol. The molecule has 2 aliphatic rings. The Balaban J connectivity index is 2.03. The summed E-state index contributed by atoms with van der Waals surface area (Å²) in [6.45, 7) is -0.352. The molecule has 0 spiro atoms. The lowest BCUT2D eigenvalue weighted by Crippen LogP contribution is -2.59. The second-order valence-electron chi connectivity index (χ2n) is 8.22. The van der Waals surface area contributed by atoms with E-state index in [1.807, 2.05) is 0 Å². The van der Waals surface area contributed by atoms with E-state index in [1.54, 1.807) is 35.3 Å². The highest BCUT2D eigenvalue weighted by molar-refractivity contribution is 5.99.